The predicted molar refractivity (Wildman–Crippen MR) is 127 cm³/mol. The topological polar surface area (TPSA) is 138 Å². The molecule has 2 aromatic rings. The van der Waals surface area contributed by atoms with E-state index in [1.54, 1.807) is 18.2 Å². The number of methoxy groups -OCH3 is 2. The van der Waals surface area contributed by atoms with Crippen molar-refractivity contribution in [2.45, 2.75) is 12.8 Å². The van der Waals surface area contributed by atoms with Crippen LogP contribution >= 0.6 is 0 Å². The minimum Gasteiger partial charge on any atom is -0.486 e. The summed E-state index contributed by atoms with van der Waals surface area (Å²) in [7, 11) is -1.24. The van der Waals surface area contributed by atoms with Crippen LogP contribution in [0.1, 0.15) is 33.6 Å². The van der Waals surface area contributed by atoms with Gasteiger partial charge in [0.05, 0.1) is 37.3 Å². The monoisotopic (exact) mass is 506 g/mol. The SMILES string of the molecule is COC(=O)c1cc(NC(=O)CCCN(c2ccc3c(c2)OCCO3)S(C)(=O)=O)cc(C(=O)OC)c1. The average Bonchev–Trinajstić information content (AvgIpc) is 2.84. The zero-order valence-corrected chi connectivity index (χ0v) is 20.3. The summed E-state index contributed by atoms with van der Waals surface area (Å²) >= 11 is 0. The Labute approximate surface area is 203 Å². The van der Waals surface area contributed by atoms with Crippen LogP contribution in [0.4, 0.5) is 11.4 Å². The first kappa shape index (κ1) is 25.8. The lowest BCUT2D eigenvalue weighted by atomic mass is 10.1. The van der Waals surface area contributed by atoms with Gasteiger partial charge in [-0.3, -0.25) is 9.10 Å². The molecule has 3 rings (SSSR count). The van der Waals surface area contributed by atoms with Crippen molar-refractivity contribution in [1.29, 1.82) is 0 Å². The molecule has 2 aromatic carbocycles. The van der Waals surface area contributed by atoms with E-state index in [0.717, 1.165) is 6.26 Å². The molecule has 1 N–H and O–H groups in total. The fraction of sp³-hybridized carbons (Fsp3) is 0.348. The van der Waals surface area contributed by atoms with Crippen LogP contribution in [0.25, 0.3) is 0 Å². The molecule has 0 unspecified atom stereocenters. The number of sulfonamides is 1. The van der Waals surface area contributed by atoms with Gasteiger partial charge in [0.25, 0.3) is 0 Å². The van der Waals surface area contributed by atoms with Gasteiger partial charge in [-0.2, -0.15) is 0 Å². The Morgan fingerprint density at radius 1 is 0.943 bits per heavy atom. The van der Waals surface area contributed by atoms with E-state index in [4.69, 9.17) is 9.47 Å². The van der Waals surface area contributed by atoms with Crippen molar-refractivity contribution in [3.8, 4) is 11.5 Å². The number of ether oxygens (including phenoxy) is 4. The number of esters is 2. The average molecular weight is 507 g/mol. The Kier molecular flexibility index (Phi) is 8.18. The van der Waals surface area contributed by atoms with E-state index < -0.39 is 27.9 Å². The number of hydrogen-bond donors (Lipinski definition) is 1. The molecule has 11 nitrogen and oxygen atoms in total. The van der Waals surface area contributed by atoms with Gasteiger partial charge in [0, 0.05) is 24.7 Å². The summed E-state index contributed by atoms with van der Waals surface area (Å²) in [5, 5.41) is 2.61. The fourth-order valence-electron chi connectivity index (χ4n) is 3.45. The van der Waals surface area contributed by atoms with Gasteiger partial charge in [-0.15, -0.1) is 0 Å². The molecule has 0 bridgehead atoms. The maximum absolute atomic E-state index is 12.5. The summed E-state index contributed by atoms with van der Waals surface area (Å²) < 4.78 is 46.3. The van der Waals surface area contributed by atoms with Crippen LogP contribution in [0.5, 0.6) is 11.5 Å². The Morgan fingerprint density at radius 3 is 2.11 bits per heavy atom. The van der Waals surface area contributed by atoms with Crippen LogP contribution in [0.2, 0.25) is 0 Å². The highest BCUT2D eigenvalue weighted by molar-refractivity contribution is 7.92. The third kappa shape index (κ3) is 6.63. The van der Waals surface area contributed by atoms with Gasteiger partial charge < -0.3 is 24.3 Å². The zero-order chi connectivity index (χ0) is 25.6. The molecule has 0 radical (unpaired) electrons. The van der Waals surface area contributed by atoms with Gasteiger partial charge >= 0.3 is 11.9 Å². The lowest BCUT2D eigenvalue weighted by Gasteiger charge is -2.25. The molecule has 0 aromatic heterocycles. The summed E-state index contributed by atoms with van der Waals surface area (Å²) in [5.41, 5.74) is 0.718. The first-order chi connectivity index (χ1) is 16.6. The third-order valence-corrected chi connectivity index (χ3v) is 6.23. The van der Waals surface area contributed by atoms with Gasteiger partial charge in [0.1, 0.15) is 13.2 Å². The highest BCUT2D eigenvalue weighted by atomic mass is 32.2. The van der Waals surface area contributed by atoms with Crippen molar-refractivity contribution in [3.05, 3.63) is 47.5 Å². The molecule has 0 saturated carbocycles. The Morgan fingerprint density at radius 2 is 1.54 bits per heavy atom. The van der Waals surface area contributed by atoms with Gasteiger partial charge in [0.15, 0.2) is 11.5 Å². The number of amides is 1. The number of nitrogens with zero attached hydrogens (tertiary/aromatic N) is 1. The van der Waals surface area contributed by atoms with Crippen LogP contribution in [0, 0.1) is 0 Å². The fourth-order valence-corrected chi connectivity index (χ4v) is 4.41. The largest absolute Gasteiger partial charge is 0.486 e. The zero-order valence-electron chi connectivity index (χ0n) is 19.5. The third-order valence-electron chi connectivity index (χ3n) is 5.04. The molecule has 188 valence electrons. The van der Waals surface area contributed by atoms with Crippen molar-refractivity contribution in [3.63, 3.8) is 0 Å². The quantitative estimate of drug-likeness (QED) is 0.507. The smallest absolute Gasteiger partial charge is 0.337 e. The molecule has 0 spiro atoms. The standard InChI is InChI=1S/C23H26N2O9S/c1-31-22(27)15-11-16(23(28)32-2)13-17(12-15)24-21(26)5-4-8-25(35(3,29)30)18-6-7-19-20(14-18)34-10-9-33-19/h6-7,11-14H,4-5,8-10H2,1-3H3,(H,24,26). The van der Waals surface area contributed by atoms with Crippen molar-refractivity contribution in [1.82, 2.24) is 0 Å². The molecule has 1 aliphatic rings. The number of anilines is 2. The summed E-state index contributed by atoms with van der Waals surface area (Å²) in [5.74, 6) is -0.817. The molecule has 0 atom stereocenters. The number of nitrogens with one attached hydrogen (secondary N) is 1. The van der Waals surface area contributed by atoms with Crippen LogP contribution in [0.15, 0.2) is 36.4 Å². The van der Waals surface area contributed by atoms with E-state index in [-0.39, 0.29) is 36.2 Å². The van der Waals surface area contributed by atoms with Crippen molar-refractivity contribution in [2.75, 3.05) is 49.9 Å². The van der Waals surface area contributed by atoms with Gasteiger partial charge in [0.2, 0.25) is 15.9 Å². The Hall–Kier alpha value is -3.80. The number of carbonyl (C=O) groups is 3. The first-order valence-electron chi connectivity index (χ1n) is 10.6. The highest BCUT2D eigenvalue weighted by Crippen LogP contribution is 2.34. The number of rotatable bonds is 9. The van der Waals surface area contributed by atoms with Crippen LogP contribution < -0.4 is 19.1 Å². The van der Waals surface area contributed by atoms with E-state index >= 15 is 0 Å². The van der Waals surface area contributed by atoms with Gasteiger partial charge in [-0.05, 0) is 36.8 Å². The van der Waals surface area contributed by atoms with Crippen molar-refractivity contribution in [2.24, 2.45) is 0 Å². The molecule has 0 aliphatic carbocycles. The second-order valence-corrected chi connectivity index (χ2v) is 9.50. The minimum absolute atomic E-state index is 0.0212. The Balaban J connectivity index is 1.68. The second-order valence-electron chi connectivity index (χ2n) is 7.60. The van der Waals surface area contributed by atoms with Gasteiger partial charge in [-0.25, -0.2) is 18.0 Å². The summed E-state index contributed by atoms with van der Waals surface area (Å²) in [6, 6.07) is 8.87. The molecular formula is C23H26N2O9S. The normalized spacial score (nSPS) is 12.4. The van der Waals surface area contributed by atoms with Gasteiger partial charge in [-0.1, -0.05) is 0 Å². The lowest BCUT2D eigenvalue weighted by Crippen LogP contribution is -2.31. The van der Waals surface area contributed by atoms with E-state index in [1.807, 2.05) is 0 Å². The molecular weight excluding hydrogens is 480 g/mol. The summed E-state index contributed by atoms with van der Waals surface area (Å²) in [4.78, 5) is 36.4. The molecule has 1 aliphatic heterocycles. The summed E-state index contributed by atoms with van der Waals surface area (Å²) in [6.45, 7) is 0.826. The Bertz CT molecular complexity index is 1190. The van der Waals surface area contributed by atoms with Crippen LogP contribution in [0.3, 0.4) is 0 Å². The predicted octanol–water partition coefficient (Wildman–Crippen LogP) is 2.22. The maximum atomic E-state index is 12.5. The summed E-state index contributed by atoms with van der Waals surface area (Å²) in [6.07, 6.45) is 1.26. The number of fused-ring (bicyclic) bond motifs is 1. The number of hydrogen-bond acceptors (Lipinski definition) is 9. The maximum Gasteiger partial charge on any atom is 0.337 e. The first-order valence-corrected chi connectivity index (χ1v) is 12.5. The van der Waals surface area contributed by atoms with Crippen LogP contribution in [-0.4, -0.2) is 66.5 Å². The molecule has 12 heteroatoms. The molecule has 35 heavy (non-hydrogen) atoms. The number of benzene rings is 2. The second kappa shape index (κ2) is 11.1. The van der Waals surface area contributed by atoms with Crippen LogP contribution in [-0.2, 0) is 24.3 Å². The van der Waals surface area contributed by atoms with Crippen molar-refractivity contribution >= 4 is 39.2 Å². The van der Waals surface area contributed by atoms with E-state index in [2.05, 4.69) is 14.8 Å². The molecule has 1 heterocycles. The molecule has 1 amide bonds. The number of carbonyl (C=O) groups excluding carboxylic acids is 3. The van der Waals surface area contributed by atoms with E-state index in [1.165, 1.54) is 36.7 Å². The van der Waals surface area contributed by atoms with E-state index in [9.17, 15) is 22.8 Å². The van der Waals surface area contributed by atoms with Crippen molar-refractivity contribution < 1.29 is 41.7 Å². The molecule has 0 saturated heterocycles. The van der Waals surface area contributed by atoms with E-state index in [0.29, 0.717) is 30.4 Å². The highest BCUT2D eigenvalue weighted by Gasteiger charge is 2.21. The molecule has 0 fully saturated rings. The lowest BCUT2D eigenvalue weighted by molar-refractivity contribution is -0.116. The minimum atomic E-state index is -3.63.